The van der Waals surface area contributed by atoms with Gasteiger partial charge in [-0.25, -0.2) is 0 Å². The van der Waals surface area contributed by atoms with Crippen LogP contribution in [0.25, 0.3) is 0 Å². The molecule has 0 aliphatic rings. The Kier molecular flexibility index (Phi) is 5.43. The van der Waals surface area contributed by atoms with Crippen molar-refractivity contribution < 1.29 is 9.15 Å². The van der Waals surface area contributed by atoms with Gasteiger partial charge >= 0.3 is 0 Å². The minimum atomic E-state index is 0.605. The Morgan fingerprint density at radius 3 is 2.52 bits per heavy atom. The van der Waals surface area contributed by atoms with Crippen molar-refractivity contribution in [3.05, 3.63) is 70.1 Å². The minimum absolute atomic E-state index is 0.605. The van der Waals surface area contributed by atoms with Crippen molar-refractivity contribution in [3.8, 4) is 5.75 Å². The number of ether oxygens (including phenoxy) is 1. The predicted molar refractivity (Wildman–Crippen MR) is 100 cm³/mol. The molecule has 0 atom stereocenters. The maximum atomic E-state index is 5.79. The van der Waals surface area contributed by atoms with E-state index in [1.54, 1.807) is 18.9 Å². The summed E-state index contributed by atoms with van der Waals surface area (Å²) in [6.07, 6.45) is 0.605. The highest BCUT2D eigenvalue weighted by Gasteiger charge is 2.11. The monoisotopic (exact) mass is 354 g/mol. The van der Waals surface area contributed by atoms with E-state index in [1.165, 1.54) is 22.3 Å². The number of aromatic nitrogens is 2. The average molecular weight is 354 g/mol. The van der Waals surface area contributed by atoms with Gasteiger partial charge in [0.1, 0.15) is 5.75 Å². The van der Waals surface area contributed by atoms with Crippen LogP contribution in [0.1, 0.15) is 33.7 Å². The molecule has 0 N–H and O–H groups in total. The van der Waals surface area contributed by atoms with E-state index >= 15 is 0 Å². The molecule has 5 heteroatoms. The van der Waals surface area contributed by atoms with E-state index in [0.717, 1.165) is 17.1 Å². The quantitative estimate of drug-likeness (QED) is 0.590. The maximum absolute atomic E-state index is 5.79. The Hall–Kier alpha value is -2.27. The number of nitrogens with zero attached hydrogens (tertiary/aromatic N) is 2. The van der Waals surface area contributed by atoms with Gasteiger partial charge < -0.3 is 9.15 Å². The van der Waals surface area contributed by atoms with E-state index < -0.39 is 0 Å². The second-order valence-corrected chi connectivity index (χ2v) is 7.08. The SMILES string of the molecule is COc1cccc(Cc2nnc(SCc3c(C)cc(C)cc3C)o2)c1. The van der Waals surface area contributed by atoms with Gasteiger partial charge in [-0.05, 0) is 55.2 Å². The third-order valence-electron chi connectivity index (χ3n) is 4.12. The molecule has 25 heavy (non-hydrogen) atoms. The van der Waals surface area contributed by atoms with Crippen molar-refractivity contribution in [1.82, 2.24) is 10.2 Å². The normalized spacial score (nSPS) is 10.9. The molecule has 0 saturated carbocycles. The molecular weight excluding hydrogens is 332 g/mol. The van der Waals surface area contributed by atoms with Crippen molar-refractivity contribution in [2.75, 3.05) is 7.11 Å². The number of aryl methyl sites for hydroxylation is 3. The highest BCUT2D eigenvalue weighted by atomic mass is 32.2. The minimum Gasteiger partial charge on any atom is -0.497 e. The summed E-state index contributed by atoms with van der Waals surface area (Å²) in [5.74, 6) is 2.28. The van der Waals surface area contributed by atoms with Crippen LogP contribution in [0.2, 0.25) is 0 Å². The molecule has 3 aromatic rings. The van der Waals surface area contributed by atoms with Gasteiger partial charge in [0.05, 0.1) is 13.5 Å². The van der Waals surface area contributed by atoms with Crippen molar-refractivity contribution in [2.24, 2.45) is 0 Å². The molecule has 0 saturated heterocycles. The molecule has 2 aromatic carbocycles. The van der Waals surface area contributed by atoms with Crippen LogP contribution in [0.3, 0.4) is 0 Å². The smallest absolute Gasteiger partial charge is 0.276 e. The summed E-state index contributed by atoms with van der Waals surface area (Å²) in [4.78, 5) is 0. The number of hydrogen-bond donors (Lipinski definition) is 0. The zero-order chi connectivity index (χ0) is 17.8. The lowest BCUT2D eigenvalue weighted by molar-refractivity contribution is 0.412. The van der Waals surface area contributed by atoms with E-state index in [1.807, 2.05) is 24.3 Å². The summed E-state index contributed by atoms with van der Waals surface area (Å²) in [5.41, 5.74) is 6.33. The Morgan fingerprint density at radius 1 is 1.04 bits per heavy atom. The van der Waals surface area contributed by atoms with Crippen molar-refractivity contribution in [3.63, 3.8) is 0 Å². The molecule has 3 rings (SSSR count). The lowest BCUT2D eigenvalue weighted by atomic mass is 10.0. The molecule has 0 aliphatic carbocycles. The number of benzene rings is 2. The molecule has 130 valence electrons. The van der Waals surface area contributed by atoms with E-state index in [-0.39, 0.29) is 0 Å². The fraction of sp³-hybridized carbons (Fsp3) is 0.300. The molecule has 4 nitrogen and oxygen atoms in total. The second kappa shape index (κ2) is 7.74. The lowest BCUT2D eigenvalue weighted by Gasteiger charge is -2.09. The molecule has 0 aliphatic heterocycles. The number of methoxy groups -OCH3 is 1. The highest BCUT2D eigenvalue weighted by molar-refractivity contribution is 7.98. The summed E-state index contributed by atoms with van der Waals surface area (Å²) in [6, 6.07) is 12.3. The molecule has 0 spiro atoms. The van der Waals surface area contributed by atoms with Gasteiger partial charge in [-0.3, -0.25) is 0 Å². The first kappa shape index (κ1) is 17.5. The third-order valence-corrected chi connectivity index (χ3v) is 4.96. The van der Waals surface area contributed by atoms with Gasteiger partial charge in [0.2, 0.25) is 5.89 Å². The van der Waals surface area contributed by atoms with Crippen LogP contribution in [0, 0.1) is 20.8 Å². The molecule has 0 bridgehead atoms. The first-order valence-corrected chi connectivity index (χ1v) is 9.18. The third kappa shape index (κ3) is 4.42. The summed E-state index contributed by atoms with van der Waals surface area (Å²) in [5, 5.41) is 8.93. The van der Waals surface area contributed by atoms with Gasteiger partial charge in [0, 0.05) is 5.75 Å². The predicted octanol–water partition coefficient (Wildman–Crippen LogP) is 4.89. The molecule has 0 radical (unpaired) electrons. The van der Waals surface area contributed by atoms with Gasteiger partial charge in [0.15, 0.2) is 0 Å². The van der Waals surface area contributed by atoms with Crippen molar-refractivity contribution in [1.29, 1.82) is 0 Å². The van der Waals surface area contributed by atoms with Gasteiger partial charge in [-0.2, -0.15) is 0 Å². The fourth-order valence-electron chi connectivity index (χ4n) is 2.90. The number of rotatable bonds is 6. The Morgan fingerprint density at radius 2 is 1.80 bits per heavy atom. The van der Waals surface area contributed by atoms with Crippen LogP contribution in [0.4, 0.5) is 0 Å². The van der Waals surface area contributed by atoms with E-state index in [2.05, 4.69) is 43.1 Å². The molecular formula is C20H22N2O2S. The van der Waals surface area contributed by atoms with Crippen LogP contribution in [-0.4, -0.2) is 17.3 Å². The van der Waals surface area contributed by atoms with E-state index in [9.17, 15) is 0 Å². The molecule has 1 aromatic heterocycles. The Labute approximate surface area is 152 Å². The summed E-state index contributed by atoms with van der Waals surface area (Å²) < 4.78 is 11.0. The second-order valence-electron chi connectivity index (χ2n) is 6.16. The zero-order valence-electron chi connectivity index (χ0n) is 15.0. The van der Waals surface area contributed by atoms with E-state index in [4.69, 9.17) is 9.15 Å². The maximum Gasteiger partial charge on any atom is 0.276 e. The van der Waals surface area contributed by atoms with Crippen molar-refractivity contribution in [2.45, 2.75) is 38.2 Å². The highest BCUT2D eigenvalue weighted by Crippen LogP contribution is 2.27. The average Bonchev–Trinajstić information content (AvgIpc) is 3.01. The van der Waals surface area contributed by atoms with Crippen molar-refractivity contribution >= 4 is 11.8 Å². The Balaban J connectivity index is 1.66. The molecule has 0 amide bonds. The van der Waals surface area contributed by atoms with Gasteiger partial charge in [-0.15, -0.1) is 10.2 Å². The first-order valence-electron chi connectivity index (χ1n) is 8.20. The molecule has 1 heterocycles. The zero-order valence-corrected chi connectivity index (χ0v) is 15.8. The summed E-state index contributed by atoms with van der Waals surface area (Å²) in [7, 11) is 1.66. The summed E-state index contributed by atoms with van der Waals surface area (Å²) in [6.45, 7) is 6.43. The Bertz CT molecular complexity index is 851. The van der Waals surface area contributed by atoms with Gasteiger partial charge in [-0.1, -0.05) is 41.6 Å². The molecule has 0 unspecified atom stereocenters. The van der Waals surface area contributed by atoms with Crippen LogP contribution in [0.15, 0.2) is 46.0 Å². The molecule has 0 fully saturated rings. The lowest BCUT2D eigenvalue weighted by Crippen LogP contribution is -1.93. The fourth-order valence-corrected chi connectivity index (χ4v) is 3.87. The number of hydrogen-bond acceptors (Lipinski definition) is 5. The first-order chi connectivity index (χ1) is 12.0. The van der Waals surface area contributed by atoms with Gasteiger partial charge in [0.25, 0.3) is 5.22 Å². The van der Waals surface area contributed by atoms with Crippen LogP contribution in [0.5, 0.6) is 5.75 Å². The van der Waals surface area contributed by atoms with E-state index in [0.29, 0.717) is 17.5 Å². The van der Waals surface area contributed by atoms with Crippen LogP contribution < -0.4 is 4.74 Å². The number of thioether (sulfide) groups is 1. The standard InChI is InChI=1S/C20H22N2O2S/c1-13-8-14(2)18(15(3)9-13)12-25-20-22-21-19(24-20)11-16-6-5-7-17(10-16)23-4/h5-10H,11-12H2,1-4H3. The van der Waals surface area contributed by atoms with Crippen LogP contribution >= 0.6 is 11.8 Å². The van der Waals surface area contributed by atoms with Crippen LogP contribution in [-0.2, 0) is 12.2 Å². The summed E-state index contributed by atoms with van der Waals surface area (Å²) >= 11 is 1.58. The topological polar surface area (TPSA) is 48.2 Å². The largest absolute Gasteiger partial charge is 0.497 e.